The number of aryl methyl sites for hydroxylation is 1. The summed E-state index contributed by atoms with van der Waals surface area (Å²) in [7, 11) is 1.51. The minimum atomic E-state index is -0.558. The first-order chi connectivity index (χ1) is 7.80. The highest BCUT2D eigenvalue weighted by Crippen LogP contribution is 2.12. The summed E-state index contributed by atoms with van der Waals surface area (Å²) < 4.78 is 4.99. The van der Waals surface area contributed by atoms with E-state index in [1.54, 1.807) is 26.8 Å². The average molecular weight is 238 g/mol. The van der Waals surface area contributed by atoms with Crippen molar-refractivity contribution in [3.8, 4) is 5.88 Å². The van der Waals surface area contributed by atoms with Crippen molar-refractivity contribution in [2.24, 2.45) is 5.73 Å². The molecular formula is C11H18N4O2. The lowest BCUT2D eigenvalue weighted by atomic mass is 10.0. The van der Waals surface area contributed by atoms with E-state index < -0.39 is 5.54 Å². The first-order valence-corrected chi connectivity index (χ1v) is 5.28. The van der Waals surface area contributed by atoms with Crippen molar-refractivity contribution in [1.82, 2.24) is 9.97 Å². The molecule has 0 spiro atoms. The van der Waals surface area contributed by atoms with Crippen LogP contribution in [0.15, 0.2) is 6.07 Å². The Morgan fingerprint density at radius 2 is 2.18 bits per heavy atom. The zero-order valence-electron chi connectivity index (χ0n) is 10.6. The van der Waals surface area contributed by atoms with Crippen molar-refractivity contribution >= 4 is 11.9 Å². The van der Waals surface area contributed by atoms with Gasteiger partial charge in [0.05, 0.1) is 7.11 Å². The quantitative estimate of drug-likeness (QED) is 0.812. The molecule has 6 nitrogen and oxygen atoms in total. The molecule has 17 heavy (non-hydrogen) atoms. The number of hydrogen-bond acceptors (Lipinski definition) is 5. The normalized spacial score (nSPS) is 11.1. The highest BCUT2D eigenvalue weighted by atomic mass is 16.5. The first-order valence-electron chi connectivity index (χ1n) is 5.28. The molecule has 1 aromatic heterocycles. The smallest absolute Gasteiger partial charge is 0.232 e. The number of nitrogens with one attached hydrogen (secondary N) is 1. The van der Waals surface area contributed by atoms with Gasteiger partial charge in [0.15, 0.2) is 0 Å². The number of amides is 1. The van der Waals surface area contributed by atoms with Gasteiger partial charge in [0.1, 0.15) is 0 Å². The SMILES string of the molecule is COc1cc(C)nc(NC(=O)CC(C)(C)N)n1. The third-order valence-electron chi connectivity index (χ3n) is 1.91. The van der Waals surface area contributed by atoms with E-state index in [1.807, 2.05) is 0 Å². The zero-order chi connectivity index (χ0) is 13.1. The molecule has 0 bridgehead atoms. The molecule has 3 N–H and O–H groups in total. The van der Waals surface area contributed by atoms with Crippen molar-refractivity contribution in [1.29, 1.82) is 0 Å². The van der Waals surface area contributed by atoms with Crippen LogP contribution < -0.4 is 15.8 Å². The van der Waals surface area contributed by atoms with Gasteiger partial charge in [-0.1, -0.05) is 0 Å². The predicted molar refractivity (Wildman–Crippen MR) is 64.8 cm³/mol. The second-order valence-corrected chi connectivity index (χ2v) is 4.59. The Balaban J connectivity index is 2.74. The molecule has 0 unspecified atom stereocenters. The number of hydrogen-bond donors (Lipinski definition) is 2. The maximum Gasteiger partial charge on any atom is 0.232 e. The maximum atomic E-state index is 11.6. The lowest BCUT2D eigenvalue weighted by Gasteiger charge is -2.17. The van der Waals surface area contributed by atoms with Crippen LogP contribution in [0.5, 0.6) is 5.88 Å². The Morgan fingerprint density at radius 3 is 2.71 bits per heavy atom. The summed E-state index contributed by atoms with van der Waals surface area (Å²) in [5.74, 6) is 0.432. The molecule has 0 aliphatic rings. The largest absolute Gasteiger partial charge is 0.481 e. The Morgan fingerprint density at radius 1 is 1.53 bits per heavy atom. The lowest BCUT2D eigenvalue weighted by molar-refractivity contribution is -0.117. The third-order valence-corrected chi connectivity index (χ3v) is 1.91. The minimum absolute atomic E-state index is 0.201. The minimum Gasteiger partial charge on any atom is -0.481 e. The van der Waals surface area contributed by atoms with Crippen LogP contribution in [0, 0.1) is 6.92 Å². The van der Waals surface area contributed by atoms with Crippen molar-refractivity contribution in [2.45, 2.75) is 32.7 Å². The van der Waals surface area contributed by atoms with E-state index in [1.165, 1.54) is 7.11 Å². The molecule has 0 aliphatic carbocycles. The van der Waals surface area contributed by atoms with Gasteiger partial charge in [-0.25, -0.2) is 4.98 Å². The molecule has 0 saturated heterocycles. The second-order valence-electron chi connectivity index (χ2n) is 4.59. The third kappa shape index (κ3) is 4.78. The summed E-state index contributed by atoms with van der Waals surface area (Å²) in [4.78, 5) is 19.7. The maximum absolute atomic E-state index is 11.6. The molecule has 0 radical (unpaired) electrons. The molecule has 1 heterocycles. The van der Waals surface area contributed by atoms with Gasteiger partial charge >= 0.3 is 0 Å². The molecule has 0 aliphatic heterocycles. The molecule has 0 aromatic carbocycles. The number of aromatic nitrogens is 2. The number of nitrogens with zero attached hydrogens (tertiary/aromatic N) is 2. The molecule has 0 fully saturated rings. The second kappa shape index (κ2) is 5.09. The fraction of sp³-hybridized carbons (Fsp3) is 0.545. The van der Waals surface area contributed by atoms with E-state index in [-0.39, 0.29) is 18.3 Å². The van der Waals surface area contributed by atoms with Gasteiger partial charge in [-0.15, -0.1) is 0 Å². The number of nitrogens with two attached hydrogens (primary N) is 1. The summed E-state index contributed by atoms with van der Waals surface area (Å²) in [6.07, 6.45) is 0.201. The highest BCUT2D eigenvalue weighted by Gasteiger charge is 2.17. The Kier molecular flexibility index (Phi) is 4.01. The summed E-state index contributed by atoms with van der Waals surface area (Å²) >= 11 is 0. The summed E-state index contributed by atoms with van der Waals surface area (Å²) in [5, 5.41) is 2.59. The molecule has 0 atom stereocenters. The molecule has 1 rings (SSSR count). The van der Waals surface area contributed by atoms with Gasteiger partial charge in [-0.3, -0.25) is 10.1 Å². The number of anilines is 1. The first kappa shape index (κ1) is 13.4. The fourth-order valence-corrected chi connectivity index (χ4v) is 1.28. The zero-order valence-corrected chi connectivity index (χ0v) is 10.6. The van der Waals surface area contributed by atoms with Gasteiger partial charge in [0.2, 0.25) is 17.7 Å². The number of ether oxygens (including phenoxy) is 1. The molecular weight excluding hydrogens is 220 g/mol. The number of carbonyl (C=O) groups excluding carboxylic acids is 1. The molecule has 1 amide bonds. The Hall–Kier alpha value is -1.69. The number of methoxy groups -OCH3 is 1. The van der Waals surface area contributed by atoms with Gasteiger partial charge in [0, 0.05) is 23.7 Å². The van der Waals surface area contributed by atoms with Crippen LogP contribution in [0.2, 0.25) is 0 Å². The van der Waals surface area contributed by atoms with Crippen molar-refractivity contribution in [2.75, 3.05) is 12.4 Å². The van der Waals surface area contributed by atoms with E-state index in [0.717, 1.165) is 5.69 Å². The average Bonchev–Trinajstić information content (AvgIpc) is 2.13. The summed E-state index contributed by atoms with van der Waals surface area (Å²) in [5.41, 5.74) is 5.91. The van der Waals surface area contributed by atoms with Crippen molar-refractivity contribution in [3.63, 3.8) is 0 Å². The molecule has 0 saturated carbocycles. The topological polar surface area (TPSA) is 90.1 Å². The van der Waals surface area contributed by atoms with Crippen molar-refractivity contribution < 1.29 is 9.53 Å². The van der Waals surface area contributed by atoms with E-state index in [0.29, 0.717) is 5.88 Å². The molecule has 1 aromatic rings. The van der Waals surface area contributed by atoms with Crippen LogP contribution in [0.1, 0.15) is 26.0 Å². The van der Waals surface area contributed by atoms with Crippen molar-refractivity contribution in [3.05, 3.63) is 11.8 Å². The lowest BCUT2D eigenvalue weighted by Crippen LogP contribution is -2.36. The number of carbonyl (C=O) groups is 1. The van der Waals surface area contributed by atoms with Crippen LogP contribution >= 0.6 is 0 Å². The molecule has 6 heteroatoms. The van der Waals surface area contributed by atoms with Crippen LogP contribution in [0.4, 0.5) is 5.95 Å². The monoisotopic (exact) mass is 238 g/mol. The van der Waals surface area contributed by atoms with Crippen LogP contribution in [-0.4, -0.2) is 28.5 Å². The van der Waals surface area contributed by atoms with E-state index in [4.69, 9.17) is 10.5 Å². The van der Waals surface area contributed by atoms with E-state index in [2.05, 4.69) is 15.3 Å². The van der Waals surface area contributed by atoms with Gasteiger partial charge in [0.25, 0.3) is 0 Å². The standard InChI is InChI=1S/C11H18N4O2/c1-7-5-9(17-4)15-10(13-7)14-8(16)6-11(2,3)12/h5H,6,12H2,1-4H3,(H,13,14,15,16). The van der Waals surface area contributed by atoms with Crippen LogP contribution in [0.25, 0.3) is 0 Å². The predicted octanol–water partition coefficient (Wildman–Crippen LogP) is 0.860. The Labute approximate surface area is 101 Å². The van der Waals surface area contributed by atoms with E-state index >= 15 is 0 Å². The number of rotatable bonds is 4. The van der Waals surface area contributed by atoms with E-state index in [9.17, 15) is 4.79 Å². The fourth-order valence-electron chi connectivity index (χ4n) is 1.28. The van der Waals surface area contributed by atoms with Gasteiger partial charge in [-0.05, 0) is 20.8 Å². The molecule has 94 valence electrons. The highest BCUT2D eigenvalue weighted by molar-refractivity contribution is 5.89. The van der Waals surface area contributed by atoms with Crippen LogP contribution in [0.3, 0.4) is 0 Å². The van der Waals surface area contributed by atoms with Gasteiger partial charge < -0.3 is 10.5 Å². The van der Waals surface area contributed by atoms with Crippen LogP contribution in [-0.2, 0) is 4.79 Å². The summed E-state index contributed by atoms with van der Waals surface area (Å²) in [6, 6.07) is 1.68. The Bertz CT molecular complexity index is 412. The van der Waals surface area contributed by atoms with Gasteiger partial charge in [-0.2, -0.15) is 4.98 Å². The summed E-state index contributed by atoms with van der Waals surface area (Å²) in [6.45, 7) is 5.36.